The van der Waals surface area contributed by atoms with E-state index in [2.05, 4.69) is 44.4 Å². The minimum Gasteiger partial charge on any atom is -0.313 e. The zero-order valence-corrected chi connectivity index (χ0v) is 11.2. The summed E-state index contributed by atoms with van der Waals surface area (Å²) in [5.74, 6) is 1.88. The van der Waals surface area contributed by atoms with Gasteiger partial charge in [0.25, 0.3) is 0 Å². The first kappa shape index (κ1) is 12.0. The van der Waals surface area contributed by atoms with Gasteiger partial charge in [-0.05, 0) is 48.8 Å². The highest BCUT2D eigenvalue weighted by molar-refractivity contribution is 7.99. The van der Waals surface area contributed by atoms with Gasteiger partial charge in [0.15, 0.2) is 0 Å². The van der Waals surface area contributed by atoms with Crippen LogP contribution in [0, 0.1) is 0 Å². The van der Waals surface area contributed by atoms with Crippen LogP contribution in [0.3, 0.4) is 0 Å². The van der Waals surface area contributed by atoms with Gasteiger partial charge in [-0.3, -0.25) is 0 Å². The Morgan fingerprint density at radius 2 is 2.19 bits per heavy atom. The van der Waals surface area contributed by atoms with Gasteiger partial charge in [0.1, 0.15) is 0 Å². The summed E-state index contributed by atoms with van der Waals surface area (Å²) in [6, 6.07) is 7.54. The lowest BCUT2D eigenvalue weighted by Crippen LogP contribution is -2.16. The van der Waals surface area contributed by atoms with Gasteiger partial charge in [0.2, 0.25) is 0 Å². The lowest BCUT2D eigenvalue weighted by molar-refractivity contribution is 0.540. The average molecular weight is 235 g/mol. The maximum Gasteiger partial charge on any atom is 0.0329 e. The molecule has 0 bridgehead atoms. The third kappa shape index (κ3) is 2.44. The van der Waals surface area contributed by atoms with E-state index >= 15 is 0 Å². The van der Waals surface area contributed by atoms with Crippen LogP contribution in [0.5, 0.6) is 0 Å². The van der Waals surface area contributed by atoms with E-state index in [0.717, 1.165) is 0 Å². The molecule has 0 fully saturated rings. The van der Waals surface area contributed by atoms with E-state index in [0.29, 0.717) is 12.0 Å². The maximum atomic E-state index is 3.45. The van der Waals surface area contributed by atoms with E-state index in [1.54, 1.807) is 0 Å². The molecule has 1 aliphatic heterocycles. The molecular formula is C14H21NS. The van der Waals surface area contributed by atoms with Crippen LogP contribution in [0.25, 0.3) is 0 Å². The summed E-state index contributed by atoms with van der Waals surface area (Å²) in [4.78, 5) is 1.47. The van der Waals surface area contributed by atoms with Gasteiger partial charge in [0, 0.05) is 10.9 Å². The number of hydrogen-bond donors (Lipinski definition) is 1. The normalized spacial score (nSPS) is 20.6. The standard InChI is InChI=1S/C14H21NS/c1-10(2)11-6-7-14-12(9-11)13(15-3)5-4-8-16-14/h6-7,9-10,13,15H,4-5,8H2,1-3H3. The van der Waals surface area contributed by atoms with Crippen LogP contribution in [0.1, 0.15) is 49.8 Å². The Hall–Kier alpha value is -0.470. The number of fused-ring (bicyclic) bond motifs is 1. The number of benzene rings is 1. The van der Waals surface area contributed by atoms with Crippen molar-refractivity contribution < 1.29 is 0 Å². The second-order valence-corrected chi connectivity index (χ2v) is 5.92. The van der Waals surface area contributed by atoms with Crippen molar-refractivity contribution in [2.24, 2.45) is 0 Å². The fourth-order valence-electron chi connectivity index (χ4n) is 2.25. The molecule has 1 aromatic rings. The first-order valence-electron chi connectivity index (χ1n) is 6.16. The van der Waals surface area contributed by atoms with Gasteiger partial charge in [-0.25, -0.2) is 0 Å². The molecule has 1 unspecified atom stereocenters. The molecule has 1 aliphatic rings. The number of hydrogen-bond acceptors (Lipinski definition) is 2. The summed E-state index contributed by atoms with van der Waals surface area (Å²) in [5.41, 5.74) is 2.97. The minimum absolute atomic E-state index is 0.545. The molecule has 0 aromatic heterocycles. The molecule has 0 amide bonds. The second kappa shape index (κ2) is 5.24. The predicted octanol–water partition coefficient (Wildman–Crippen LogP) is 3.96. The zero-order valence-electron chi connectivity index (χ0n) is 10.4. The maximum absolute atomic E-state index is 3.45. The van der Waals surface area contributed by atoms with Crippen molar-refractivity contribution in [1.82, 2.24) is 5.32 Å². The Balaban J connectivity index is 2.39. The first-order chi connectivity index (χ1) is 7.72. The van der Waals surface area contributed by atoms with E-state index < -0.39 is 0 Å². The Morgan fingerprint density at radius 1 is 1.38 bits per heavy atom. The van der Waals surface area contributed by atoms with Crippen LogP contribution in [0.2, 0.25) is 0 Å². The molecule has 1 nitrogen and oxygen atoms in total. The first-order valence-corrected chi connectivity index (χ1v) is 7.15. The molecule has 1 heterocycles. The third-order valence-corrected chi connectivity index (χ3v) is 4.49. The average Bonchev–Trinajstić information content (AvgIpc) is 2.49. The Labute approximate surface area is 103 Å². The van der Waals surface area contributed by atoms with Crippen LogP contribution in [-0.4, -0.2) is 12.8 Å². The zero-order chi connectivity index (χ0) is 11.5. The molecule has 0 saturated heterocycles. The molecule has 16 heavy (non-hydrogen) atoms. The van der Waals surface area contributed by atoms with E-state index in [4.69, 9.17) is 0 Å². The Morgan fingerprint density at radius 3 is 2.88 bits per heavy atom. The van der Waals surface area contributed by atoms with Crippen molar-refractivity contribution in [2.75, 3.05) is 12.8 Å². The molecule has 0 radical (unpaired) electrons. The molecular weight excluding hydrogens is 214 g/mol. The van der Waals surface area contributed by atoms with E-state index in [-0.39, 0.29) is 0 Å². The second-order valence-electron chi connectivity index (χ2n) is 4.78. The summed E-state index contributed by atoms with van der Waals surface area (Å²) in [6.45, 7) is 4.53. The van der Waals surface area contributed by atoms with Crippen molar-refractivity contribution in [3.63, 3.8) is 0 Å². The smallest absolute Gasteiger partial charge is 0.0329 e. The molecule has 1 atom stereocenters. The van der Waals surface area contributed by atoms with Gasteiger partial charge in [0.05, 0.1) is 0 Å². The molecule has 1 aromatic carbocycles. The summed E-state index contributed by atoms with van der Waals surface area (Å²) < 4.78 is 0. The summed E-state index contributed by atoms with van der Waals surface area (Å²) >= 11 is 2.01. The molecule has 0 saturated carbocycles. The highest BCUT2D eigenvalue weighted by Crippen LogP contribution is 2.36. The highest BCUT2D eigenvalue weighted by Gasteiger charge is 2.18. The van der Waals surface area contributed by atoms with Crippen molar-refractivity contribution >= 4 is 11.8 Å². The van der Waals surface area contributed by atoms with Crippen LogP contribution in [0.4, 0.5) is 0 Å². The van der Waals surface area contributed by atoms with Crippen LogP contribution >= 0.6 is 11.8 Å². The number of rotatable bonds is 2. The molecule has 0 aliphatic carbocycles. The minimum atomic E-state index is 0.545. The molecule has 88 valence electrons. The largest absolute Gasteiger partial charge is 0.313 e. The van der Waals surface area contributed by atoms with Gasteiger partial charge < -0.3 is 5.32 Å². The topological polar surface area (TPSA) is 12.0 Å². The summed E-state index contributed by atoms with van der Waals surface area (Å²) in [7, 11) is 2.08. The summed E-state index contributed by atoms with van der Waals surface area (Å²) in [6.07, 6.45) is 2.57. The molecule has 2 heteroatoms. The molecule has 1 N–H and O–H groups in total. The van der Waals surface area contributed by atoms with E-state index in [1.807, 2.05) is 11.8 Å². The Bertz CT molecular complexity index is 360. The van der Waals surface area contributed by atoms with Crippen LogP contribution < -0.4 is 5.32 Å². The fourth-order valence-corrected chi connectivity index (χ4v) is 3.32. The number of thioether (sulfide) groups is 1. The molecule has 2 rings (SSSR count). The highest BCUT2D eigenvalue weighted by atomic mass is 32.2. The van der Waals surface area contributed by atoms with E-state index in [1.165, 1.54) is 34.6 Å². The van der Waals surface area contributed by atoms with Crippen molar-refractivity contribution in [2.45, 2.75) is 43.5 Å². The Kier molecular flexibility index (Phi) is 3.93. The van der Waals surface area contributed by atoms with Crippen molar-refractivity contribution in [1.29, 1.82) is 0 Å². The summed E-state index contributed by atoms with van der Waals surface area (Å²) in [5, 5.41) is 3.45. The van der Waals surface area contributed by atoms with Gasteiger partial charge in [-0.15, -0.1) is 11.8 Å². The van der Waals surface area contributed by atoms with Crippen molar-refractivity contribution in [3.8, 4) is 0 Å². The SMILES string of the molecule is CNC1CCCSc2ccc(C(C)C)cc21. The quantitative estimate of drug-likeness (QED) is 0.833. The monoisotopic (exact) mass is 235 g/mol. The van der Waals surface area contributed by atoms with Crippen LogP contribution in [-0.2, 0) is 0 Å². The molecule has 0 spiro atoms. The van der Waals surface area contributed by atoms with Gasteiger partial charge in [-0.1, -0.05) is 26.0 Å². The third-order valence-electron chi connectivity index (χ3n) is 3.32. The van der Waals surface area contributed by atoms with Gasteiger partial charge >= 0.3 is 0 Å². The fraction of sp³-hybridized carbons (Fsp3) is 0.571. The van der Waals surface area contributed by atoms with Crippen molar-refractivity contribution in [3.05, 3.63) is 29.3 Å². The van der Waals surface area contributed by atoms with Gasteiger partial charge in [-0.2, -0.15) is 0 Å². The van der Waals surface area contributed by atoms with Crippen LogP contribution in [0.15, 0.2) is 23.1 Å². The lowest BCUT2D eigenvalue weighted by atomic mass is 9.96. The number of nitrogens with one attached hydrogen (secondary N) is 1. The predicted molar refractivity (Wildman–Crippen MR) is 72.3 cm³/mol. The van der Waals surface area contributed by atoms with E-state index in [9.17, 15) is 0 Å². The lowest BCUT2D eigenvalue weighted by Gasteiger charge is -2.18.